The van der Waals surface area contributed by atoms with E-state index in [4.69, 9.17) is 9.47 Å². The molecule has 0 unspecified atom stereocenters. The Morgan fingerprint density at radius 2 is 1.74 bits per heavy atom. The second kappa shape index (κ2) is 9.75. The molecule has 0 saturated carbocycles. The highest BCUT2D eigenvalue weighted by molar-refractivity contribution is 7.99. The Bertz CT molecular complexity index is 1170. The fourth-order valence-corrected chi connectivity index (χ4v) is 4.28. The third kappa shape index (κ3) is 5.70. The molecule has 0 aliphatic rings. The minimum absolute atomic E-state index is 0.0181. The van der Waals surface area contributed by atoms with Gasteiger partial charge in [-0.3, -0.25) is 4.79 Å². The Kier molecular flexibility index (Phi) is 7.08. The summed E-state index contributed by atoms with van der Waals surface area (Å²) in [6.07, 6.45) is 0. The molecule has 8 nitrogen and oxygen atoms in total. The van der Waals surface area contributed by atoms with Crippen LogP contribution < -0.4 is 14.8 Å². The number of hydrogen-bond donors (Lipinski definition) is 1. The normalized spacial score (nSPS) is 11.1. The predicted molar refractivity (Wildman–Crippen MR) is 113 cm³/mol. The summed E-state index contributed by atoms with van der Waals surface area (Å²) in [4.78, 5) is 12.0. The average molecular weight is 464 g/mol. The van der Waals surface area contributed by atoms with Crippen LogP contribution in [0.15, 0.2) is 69.5 Å². The highest BCUT2D eigenvalue weighted by Gasteiger charge is 2.20. The molecule has 11 heteroatoms. The van der Waals surface area contributed by atoms with Crippen LogP contribution in [0.5, 0.6) is 11.5 Å². The molecule has 0 atom stereocenters. The number of carbonyl (C=O) groups excluding carboxylic acids is 1. The summed E-state index contributed by atoms with van der Waals surface area (Å²) in [6, 6.07) is 12.3. The maximum absolute atomic E-state index is 13.3. The Balaban J connectivity index is 1.63. The molecule has 1 N–H and O–H groups in total. The van der Waals surface area contributed by atoms with Gasteiger partial charge >= 0.3 is 0 Å². The van der Waals surface area contributed by atoms with Gasteiger partial charge in [-0.05, 0) is 30.3 Å². The van der Waals surface area contributed by atoms with Crippen LogP contribution in [0.1, 0.15) is 0 Å². The fraction of sp³-hybridized carbons (Fsp3) is 0.150. The second-order valence-corrected chi connectivity index (χ2v) is 9.00. The molecule has 0 radical (unpaired) electrons. The Morgan fingerprint density at radius 1 is 1.03 bits per heavy atom. The molecule has 0 aliphatic heterocycles. The zero-order valence-electron chi connectivity index (χ0n) is 16.5. The molecule has 31 heavy (non-hydrogen) atoms. The van der Waals surface area contributed by atoms with Crippen molar-refractivity contribution in [3.8, 4) is 11.5 Å². The molecule has 162 valence electrons. The zero-order chi connectivity index (χ0) is 22.4. The largest absolute Gasteiger partial charge is 0.497 e. The molecular formula is C20H18FN3O5S2. The van der Waals surface area contributed by atoms with E-state index in [-0.39, 0.29) is 21.6 Å². The summed E-state index contributed by atoms with van der Waals surface area (Å²) >= 11 is 1.08. The maximum atomic E-state index is 13.3. The fourth-order valence-electron chi connectivity index (χ4n) is 2.50. The van der Waals surface area contributed by atoms with E-state index in [2.05, 4.69) is 15.5 Å². The van der Waals surface area contributed by atoms with Crippen LogP contribution in [-0.4, -0.2) is 44.5 Å². The number of aromatic nitrogens is 2. The van der Waals surface area contributed by atoms with Crippen LogP contribution in [-0.2, 0) is 14.6 Å². The lowest BCUT2D eigenvalue weighted by molar-refractivity contribution is -0.113. The number of amides is 1. The lowest BCUT2D eigenvalue weighted by Crippen LogP contribution is -2.14. The average Bonchev–Trinajstić information content (AvgIpc) is 2.77. The van der Waals surface area contributed by atoms with E-state index in [0.717, 1.165) is 23.9 Å². The maximum Gasteiger partial charge on any atom is 0.234 e. The molecular weight excluding hydrogens is 445 g/mol. The first-order valence-electron chi connectivity index (χ1n) is 8.82. The number of methoxy groups -OCH3 is 2. The molecule has 1 heterocycles. The van der Waals surface area contributed by atoms with Crippen LogP contribution >= 0.6 is 11.8 Å². The topological polar surface area (TPSA) is 107 Å². The quantitative estimate of drug-likeness (QED) is 0.508. The van der Waals surface area contributed by atoms with Crippen molar-refractivity contribution < 1.29 is 27.1 Å². The van der Waals surface area contributed by atoms with Crippen molar-refractivity contribution in [3.63, 3.8) is 0 Å². The van der Waals surface area contributed by atoms with E-state index in [1.54, 1.807) is 18.2 Å². The van der Waals surface area contributed by atoms with E-state index in [9.17, 15) is 17.6 Å². The monoisotopic (exact) mass is 463 g/mol. The minimum Gasteiger partial charge on any atom is -0.497 e. The lowest BCUT2D eigenvalue weighted by atomic mass is 10.2. The van der Waals surface area contributed by atoms with Crippen molar-refractivity contribution >= 4 is 33.2 Å². The van der Waals surface area contributed by atoms with Crippen molar-refractivity contribution in [1.82, 2.24) is 10.2 Å². The lowest BCUT2D eigenvalue weighted by Gasteiger charge is -2.09. The minimum atomic E-state index is -3.99. The molecule has 3 rings (SSSR count). The van der Waals surface area contributed by atoms with Crippen LogP contribution in [0.25, 0.3) is 0 Å². The molecule has 1 amide bonds. The molecule has 0 saturated heterocycles. The Morgan fingerprint density at radius 3 is 2.32 bits per heavy atom. The molecule has 0 aliphatic carbocycles. The molecule has 2 aromatic carbocycles. The van der Waals surface area contributed by atoms with Gasteiger partial charge < -0.3 is 14.8 Å². The summed E-state index contributed by atoms with van der Waals surface area (Å²) in [5.41, 5.74) is 0.504. The van der Waals surface area contributed by atoms with Gasteiger partial charge in [0, 0.05) is 23.9 Å². The highest BCUT2D eigenvalue weighted by Crippen LogP contribution is 2.26. The van der Waals surface area contributed by atoms with Gasteiger partial charge in [-0.2, -0.15) is 0 Å². The van der Waals surface area contributed by atoms with E-state index >= 15 is 0 Å². The number of hydrogen-bond acceptors (Lipinski definition) is 8. The first-order chi connectivity index (χ1) is 14.8. The van der Waals surface area contributed by atoms with Gasteiger partial charge in [-0.25, -0.2) is 12.8 Å². The summed E-state index contributed by atoms with van der Waals surface area (Å²) < 4.78 is 48.7. The van der Waals surface area contributed by atoms with Crippen molar-refractivity contribution in [3.05, 3.63) is 60.4 Å². The van der Waals surface area contributed by atoms with Gasteiger partial charge in [-0.15, -0.1) is 10.2 Å². The van der Waals surface area contributed by atoms with Crippen LogP contribution in [0.2, 0.25) is 0 Å². The third-order valence-electron chi connectivity index (χ3n) is 3.98. The summed E-state index contributed by atoms with van der Waals surface area (Å²) in [7, 11) is -0.975. The number of ether oxygens (including phenoxy) is 2. The SMILES string of the molecule is COc1cc(NC(=O)CSc2ccc(S(=O)(=O)c3cccc(F)c3)nn2)cc(OC)c1. The number of thioether (sulfide) groups is 1. The molecule has 1 aromatic heterocycles. The van der Waals surface area contributed by atoms with Gasteiger partial charge in [0.25, 0.3) is 0 Å². The van der Waals surface area contributed by atoms with Gasteiger partial charge in [-0.1, -0.05) is 17.8 Å². The van der Waals surface area contributed by atoms with Crippen molar-refractivity contribution in [2.45, 2.75) is 14.9 Å². The number of sulfone groups is 1. The van der Waals surface area contributed by atoms with Crippen molar-refractivity contribution in [2.24, 2.45) is 0 Å². The second-order valence-electron chi connectivity index (χ2n) is 6.11. The van der Waals surface area contributed by atoms with Crippen LogP contribution in [0.3, 0.4) is 0 Å². The predicted octanol–water partition coefficient (Wildman–Crippen LogP) is 3.20. The molecule has 0 fully saturated rings. The van der Waals surface area contributed by atoms with E-state index in [1.807, 2.05) is 0 Å². The van der Waals surface area contributed by atoms with E-state index < -0.39 is 15.7 Å². The summed E-state index contributed by atoms with van der Waals surface area (Å²) in [5, 5.41) is 10.3. The molecule has 0 spiro atoms. The summed E-state index contributed by atoms with van der Waals surface area (Å²) in [5.74, 6) is 0.107. The number of nitrogens with zero attached hydrogens (tertiary/aromatic N) is 2. The Labute approximate surface area is 182 Å². The smallest absolute Gasteiger partial charge is 0.234 e. The van der Waals surface area contributed by atoms with Gasteiger partial charge in [0.05, 0.1) is 24.9 Å². The first kappa shape index (κ1) is 22.5. The van der Waals surface area contributed by atoms with Crippen LogP contribution in [0.4, 0.5) is 10.1 Å². The van der Waals surface area contributed by atoms with Gasteiger partial charge in [0.15, 0.2) is 5.03 Å². The van der Waals surface area contributed by atoms with E-state index in [1.165, 1.54) is 38.5 Å². The standard InChI is InChI=1S/C20H18FN3O5S2/c1-28-15-9-14(10-16(11-15)29-2)22-18(25)12-30-19-6-7-20(24-23-19)31(26,27)17-5-3-4-13(21)8-17/h3-11H,12H2,1-2H3,(H,22,25). The summed E-state index contributed by atoms with van der Waals surface area (Å²) in [6.45, 7) is 0. The van der Waals surface area contributed by atoms with Crippen LogP contribution in [0, 0.1) is 5.82 Å². The number of rotatable bonds is 8. The number of anilines is 1. The number of benzene rings is 2. The van der Waals surface area contributed by atoms with Crippen molar-refractivity contribution in [2.75, 3.05) is 25.3 Å². The molecule has 0 bridgehead atoms. The number of nitrogens with one attached hydrogen (secondary N) is 1. The van der Waals surface area contributed by atoms with Crippen molar-refractivity contribution in [1.29, 1.82) is 0 Å². The highest BCUT2D eigenvalue weighted by atomic mass is 32.2. The third-order valence-corrected chi connectivity index (χ3v) is 6.55. The number of halogens is 1. The van der Waals surface area contributed by atoms with Gasteiger partial charge in [0.1, 0.15) is 22.3 Å². The Hall–Kier alpha value is -3.18. The molecule has 3 aromatic rings. The zero-order valence-corrected chi connectivity index (χ0v) is 18.2. The van der Waals surface area contributed by atoms with E-state index in [0.29, 0.717) is 22.2 Å². The van der Waals surface area contributed by atoms with Gasteiger partial charge in [0.2, 0.25) is 15.7 Å². The number of carbonyl (C=O) groups is 1. The first-order valence-corrected chi connectivity index (χ1v) is 11.3.